The first-order chi connectivity index (χ1) is 7.70. The Balaban J connectivity index is 3.68. The summed E-state index contributed by atoms with van der Waals surface area (Å²) in [5, 5.41) is 8.89. The third kappa shape index (κ3) is 2.35. The van der Waals surface area contributed by atoms with Gasteiger partial charge in [-0.05, 0) is 31.0 Å². The molecule has 0 aromatic heterocycles. The van der Waals surface area contributed by atoms with Gasteiger partial charge in [0, 0.05) is 0 Å². The molecule has 0 saturated carbocycles. The van der Waals surface area contributed by atoms with E-state index in [1.54, 1.807) is 0 Å². The molecule has 0 spiro atoms. The van der Waals surface area contributed by atoms with Crippen molar-refractivity contribution in [3.05, 3.63) is 28.3 Å². The molecule has 1 N–H and O–H groups in total. The number of aryl methyl sites for hydroxylation is 1. The quantitative estimate of drug-likeness (QED) is 0.875. The maximum atomic E-state index is 12.8. The van der Waals surface area contributed by atoms with Crippen LogP contribution in [-0.4, -0.2) is 18.2 Å². The Hall–Kier alpha value is -1.72. The predicted octanol–water partition coefficient (Wildman–Crippen LogP) is 3.03. The second-order valence-electron chi connectivity index (χ2n) is 3.57. The second kappa shape index (κ2) is 4.27. The maximum Gasteiger partial charge on any atom is 0.420 e. The molecule has 0 aliphatic carbocycles. The lowest BCUT2D eigenvalue weighted by atomic mass is 9.96. The van der Waals surface area contributed by atoms with Crippen LogP contribution in [0.15, 0.2) is 6.07 Å². The van der Waals surface area contributed by atoms with Gasteiger partial charge in [-0.15, -0.1) is 0 Å². The summed E-state index contributed by atoms with van der Waals surface area (Å²) in [6.45, 7) is 2.56. The van der Waals surface area contributed by atoms with Crippen molar-refractivity contribution in [1.82, 2.24) is 0 Å². The molecule has 94 valence electrons. The van der Waals surface area contributed by atoms with E-state index in [-0.39, 0.29) is 22.4 Å². The van der Waals surface area contributed by atoms with Gasteiger partial charge >= 0.3 is 12.1 Å². The molecule has 0 saturated heterocycles. The number of hydrogen-bond acceptors (Lipinski definition) is 2. The Bertz CT molecular complexity index is 464. The van der Waals surface area contributed by atoms with E-state index in [1.807, 2.05) is 0 Å². The van der Waals surface area contributed by atoms with Crippen LogP contribution in [0.4, 0.5) is 13.2 Å². The number of hydrogen-bond donors (Lipinski definition) is 1. The molecule has 3 nitrogen and oxygen atoms in total. The van der Waals surface area contributed by atoms with Crippen LogP contribution in [0.3, 0.4) is 0 Å². The maximum absolute atomic E-state index is 12.8. The van der Waals surface area contributed by atoms with E-state index in [0.29, 0.717) is 0 Å². The largest absolute Gasteiger partial charge is 0.496 e. The van der Waals surface area contributed by atoms with Crippen molar-refractivity contribution in [3.8, 4) is 5.75 Å². The molecule has 1 aromatic rings. The number of aromatic carboxylic acids is 1. The first-order valence-electron chi connectivity index (χ1n) is 4.68. The zero-order valence-corrected chi connectivity index (χ0v) is 9.47. The smallest absolute Gasteiger partial charge is 0.420 e. The molecule has 1 rings (SSSR count). The Morgan fingerprint density at radius 1 is 1.35 bits per heavy atom. The molecular formula is C11H11F3O3. The van der Waals surface area contributed by atoms with E-state index in [1.165, 1.54) is 6.92 Å². The van der Waals surface area contributed by atoms with Gasteiger partial charge in [0.15, 0.2) is 0 Å². The number of halogens is 3. The van der Waals surface area contributed by atoms with E-state index in [4.69, 9.17) is 5.11 Å². The van der Waals surface area contributed by atoms with Gasteiger partial charge in [-0.2, -0.15) is 13.2 Å². The number of ether oxygens (including phenoxy) is 1. The molecule has 0 fully saturated rings. The summed E-state index contributed by atoms with van der Waals surface area (Å²) in [6, 6.07) is 1.08. The summed E-state index contributed by atoms with van der Waals surface area (Å²) in [6.07, 6.45) is -4.65. The second-order valence-corrected chi connectivity index (χ2v) is 3.57. The molecule has 0 heterocycles. The Morgan fingerprint density at radius 3 is 2.24 bits per heavy atom. The number of carbonyl (C=O) groups is 1. The standard InChI is InChI=1S/C11H11F3O3/c1-5-4-7(17-3)9(11(12,13)14)6(2)8(5)10(15)16/h4H,1-3H3,(H,15,16). The Morgan fingerprint density at radius 2 is 1.88 bits per heavy atom. The van der Waals surface area contributed by atoms with E-state index >= 15 is 0 Å². The van der Waals surface area contributed by atoms with Crippen LogP contribution in [0.25, 0.3) is 0 Å². The molecule has 0 atom stereocenters. The number of alkyl halides is 3. The fourth-order valence-corrected chi connectivity index (χ4v) is 1.79. The molecule has 0 radical (unpaired) electrons. The summed E-state index contributed by atoms with van der Waals surface area (Å²) in [5.41, 5.74) is -1.47. The molecule has 0 aliphatic rings. The highest BCUT2D eigenvalue weighted by molar-refractivity contribution is 5.92. The zero-order valence-electron chi connectivity index (χ0n) is 9.47. The lowest BCUT2D eigenvalue weighted by Gasteiger charge is -2.17. The van der Waals surface area contributed by atoms with Crippen LogP contribution in [0.2, 0.25) is 0 Å². The van der Waals surface area contributed by atoms with Crippen LogP contribution in [-0.2, 0) is 6.18 Å². The third-order valence-electron chi connectivity index (χ3n) is 2.46. The highest BCUT2D eigenvalue weighted by Crippen LogP contribution is 2.40. The van der Waals surface area contributed by atoms with Gasteiger partial charge < -0.3 is 9.84 Å². The molecular weight excluding hydrogens is 237 g/mol. The Labute approximate surface area is 95.8 Å². The number of methoxy groups -OCH3 is 1. The van der Waals surface area contributed by atoms with E-state index < -0.39 is 17.7 Å². The van der Waals surface area contributed by atoms with Crippen LogP contribution in [0.5, 0.6) is 5.75 Å². The summed E-state index contributed by atoms with van der Waals surface area (Å²) in [7, 11) is 1.11. The van der Waals surface area contributed by atoms with Gasteiger partial charge in [-0.25, -0.2) is 4.79 Å². The van der Waals surface area contributed by atoms with Crippen molar-refractivity contribution in [2.24, 2.45) is 0 Å². The van der Waals surface area contributed by atoms with Crippen LogP contribution in [0.1, 0.15) is 27.0 Å². The minimum absolute atomic E-state index is 0.236. The van der Waals surface area contributed by atoms with Gasteiger partial charge in [0.1, 0.15) is 11.3 Å². The molecule has 17 heavy (non-hydrogen) atoms. The first kappa shape index (κ1) is 13.3. The highest BCUT2D eigenvalue weighted by Gasteiger charge is 2.38. The topological polar surface area (TPSA) is 46.5 Å². The predicted molar refractivity (Wildman–Crippen MR) is 54.4 cm³/mol. The van der Waals surface area contributed by atoms with Crippen LogP contribution < -0.4 is 4.74 Å². The fourth-order valence-electron chi connectivity index (χ4n) is 1.79. The minimum Gasteiger partial charge on any atom is -0.496 e. The van der Waals surface area contributed by atoms with Crippen molar-refractivity contribution >= 4 is 5.97 Å². The number of rotatable bonds is 2. The van der Waals surface area contributed by atoms with Crippen molar-refractivity contribution in [2.75, 3.05) is 7.11 Å². The fraction of sp³-hybridized carbons (Fsp3) is 0.364. The average Bonchev–Trinajstić information content (AvgIpc) is 2.13. The zero-order chi connectivity index (χ0) is 13.4. The van der Waals surface area contributed by atoms with E-state index in [0.717, 1.165) is 20.1 Å². The Kier molecular flexibility index (Phi) is 3.35. The molecule has 6 heteroatoms. The van der Waals surface area contributed by atoms with Crippen molar-refractivity contribution in [1.29, 1.82) is 0 Å². The first-order valence-corrected chi connectivity index (χ1v) is 4.68. The summed E-state index contributed by atoms with van der Waals surface area (Å²) < 4.78 is 43.1. The minimum atomic E-state index is -4.65. The molecule has 0 unspecified atom stereocenters. The van der Waals surface area contributed by atoms with Gasteiger partial charge in [0.25, 0.3) is 0 Å². The number of benzene rings is 1. The molecule has 1 aromatic carbocycles. The van der Waals surface area contributed by atoms with Crippen LogP contribution in [0, 0.1) is 13.8 Å². The molecule has 0 aliphatic heterocycles. The summed E-state index contributed by atoms with van der Waals surface area (Å²) in [5.74, 6) is -1.74. The summed E-state index contributed by atoms with van der Waals surface area (Å²) >= 11 is 0. The third-order valence-corrected chi connectivity index (χ3v) is 2.46. The van der Waals surface area contributed by atoms with Gasteiger partial charge in [0.05, 0.1) is 12.7 Å². The number of carboxylic acids is 1. The van der Waals surface area contributed by atoms with Crippen molar-refractivity contribution in [2.45, 2.75) is 20.0 Å². The molecule has 0 bridgehead atoms. The van der Waals surface area contributed by atoms with Crippen molar-refractivity contribution in [3.63, 3.8) is 0 Å². The number of carboxylic acid groups (broad SMARTS) is 1. The van der Waals surface area contributed by atoms with E-state index in [2.05, 4.69) is 4.74 Å². The highest BCUT2D eigenvalue weighted by atomic mass is 19.4. The van der Waals surface area contributed by atoms with Gasteiger partial charge in [0.2, 0.25) is 0 Å². The molecule has 0 amide bonds. The van der Waals surface area contributed by atoms with Crippen LogP contribution >= 0.6 is 0 Å². The summed E-state index contributed by atoms with van der Waals surface area (Å²) in [4.78, 5) is 10.9. The van der Waals surface area contributed by atoms with Gasteiger partial charge in [-0.1, -0.05) is 0 Å². The van der Waals surface area contributed by atoms with E-state index in [9.17, 15) is 18.0 Å². The lowest BCUT2D eigenvalue weighted by Crippen LogP contribution is -2.15. The SMILES string of the molecule is COc1cc(C)c(C(=O)O)c(C)c1C(F)(F)F. The van der Waals surface area contributed by atoms with Crippen molar-refractivity contribution < 1.29 is 27.8 Å². The monoisotopic (exact) mass is 248 g/mol. The average molecular weight is 248 g/mol. The van der Waals surface area contributed by atoms with Gasteiger partial charge in [-0.3, -0.25) is 0 Å². The lowest BCUT2D eigenvalue weighted by molar-refractivity contribution is -0.139. The normalized spacial score (nSPS) is 11.4.